The fourth-order valence-corrected chi connectivity index (χ4v) is 1.76. The van der Waals surface area contributed by atoms with Crippen molar-refractivity contribution in [2.75, 3.05) is 18.6 Å². The van der Waals surface area contributed by atoms with Gasteiger partial charge in [-0.3, -0.25) is 0 Å². The average molecular weight is 269 g/mol. The third-order valence-corrected chi connectivity index (χ3v) is 2.46. The lowest BCUT2D eigenvalue weighted by Crippen LogP contribution is -1.92. The van der Waals surface area contributed by atoms with Crippen LogP contribution in [0.4, 0.5) is 5.82 Å². The molecule has 1 aromatic heterocycles. The minimum absolute atomic E-state index is 1.03. The molecule has 5 heteroatoms. The second-order valence-corrected chi connectivity index (χ2v) is 3.42. The SMILES string of the molecule is CNc1cc(SC)nn1I. The predicted molar refractivity (Wildman–Crippen MR) is 53.0 cm³/mol. The quantitative estimate of drug-likeness (QED) is 0.656. The van der Waals surface area contributed by atoms with Crippen molar-refractivity contribution in [2.45, 2.75) is 5.03 Å². The first-order chi connectivity index (χ1) is 4.77. The first kappa shape index (κ1) is 8.19. The maximum absolute atomic E-state index is 4.20. The van der Waals surface area contributed by atoms with Gasteiger partial charge in [0.05, 0.1) is 22.9 Å². The van der Waals surface area contributed by atoms with Crippen LogP contribution in [-0.4, -0.2) is 21.3 Å². The van der Waals surface area contributed by atoms with Gasteiger partial charge in [0.25, 0.3) is 0 Å². The molecule has 0 amide bonds. The molecule has 1 N–H and O–H groups in total. The molecule has 1 rings (SSSR count). The van der Waals surface area contributed by atoms with Crippen molar-refractivity contribution in [3.05, 3.63) is 6.07 Å². The highest BCUT2D eigenvalue weighted by Gasteiger charge is 2.01. The highest BCUT2D eigenvalue weighted by atomic mass is 127. The molecule has 0 radical (unpaired) electrons. The number of nitrogens with one attached hydrogen (secondary N) is 1. The third-order valence-electron chi connectivity index (χ3n) is 1.11. The molecule has 0 fully saturated rings. The summed E-state index contributed by atoms with van der Waals surface area (Å²) in [5, 5.41) is 8.27. The lowest BCUT2D eigenvalue weighted by Gasteiger charge is -1.93. The standard InChI is InChI=1S/C5H8IN3S/c1-7-4-3-5(10-2)8-9(4)6/h3,7H,1-2H3. The second kappa shape index (κ2) is 3.47. The van der Waals surface area contributed by atoms with Gasteiger partial charge in [0.2, 0.25) is 0 Å². The van der Waals surface area contributed by atoms with Gasteiger partial charge in [-0.25, -0.2) is 0 Å². The number of hydrogen-bond donors (Lipinski definition) is 1. The number of thioether (sulfide) groups is 1. The molecule has 0 aromatic carbocycles. The fourth-order valence-electron chi connectivity index (χ4n) is 0.604. The Labute approximate surface area is 78.1 Å². The van der Waals surface area contributed by atoms with Gasteiger partial charge in [-0.15, -0.1) is 11.8 Å². The maximum atomic E-state index is 4.20. The van der Waals surface area contributed by atoms with Crippen LogP contribution in [0.25, 0.3) is 0 Å². The summed E-state index contributed by atoms with van der Waals surface area (Å²) in [7, 11) is 1.89. The molecule has 0 unspecified atom stereocenters. The predicted octanol–water partition coefficient (Wildman–Crippen LogP) is 1.84. The van der Waals surface area contributed by atoms with Crippen molar-refractivity contribution in [3.8, 4) is 0 Å². The molecule has 0 aliphatic rings. The molecule has 0 aliphatic carbocycles. The van der Waals surface area contributed by atoms with E-state index in [4.69, 9.17) is 0 Å². The van der Waals surface area contributed by atoms with Crippen LogP contribution < -0.4 is 5.32 Å². The first-order valence-corrected chi connectivity index (χ1v) is 4.95. The molecule has 0 spiro atoms. The van der Waals surface area contributed by atoms with Crippen molar-refractivity contribution in [1.29, 1.82) is 0 Å². The Morgan fingerprint density at radius 3 is 2.80 bits per heavy atom. The summed E-state index contributed by atoms with van der Waals surface area (Å²) in [4.78, 5) is 0. The molecule has 0 aliphatic heterocycles. The summed E-state index contributed by atoms with van der Waals surface area (Å²) in [6.45, 7) is 0. The maximum Gasteiger partial charge on any atom is 0.136 e. The Kier molecular flexibility index (Phi) is 2.84. The zero-order valence-electron chi connectivity index (χ0n) is 5.76. The van der Waals surface area contributed by atoms with Crippen LogP contribution in [0.1, 0.15) is 0 Å². The van der Waals surface area contributed by atoms with Gasteiger partial charge in [-0.2, -0.15) is 7.99 Å². The number of anilines is 1. The van der Waals surface area contributed by atoms with Gasteiger partial charge in [0, 0.05) is 13.1 Å². The Hall–Kier alpha value is 0.0900. The minimum Gasteiger partial charge on any atom is -0.373 e. The Bertz CT molecular complexity index is 223. The van der Waals surface area contributed by atoms with Crippen LogP contribution in [0.5, 0.6) is 0 Å². The largest absolute Gasteiger partial charge is 0.373 e. The van der Waals surface area contributed by atoms with Crippen LogP contribution in [0.3, 0.4) is 0 Å². The summed E-state index contributed by atoms with van der Waals surface area (Å²) >= 11 is 3.78. The monoisotopic (exact) mass is 269 g/mol. The number of nitrogens with zero attached hydrogens (tertiary/aromatic N) is 2. The van der Waals surface area contributed by atoms with Crippen LogP contribution in [0.2, 0.25) is 0 Å². The molecule has 0 bridgehead atoms. The van der Waals surface area contributed by atoms with Crippen LogP contribution in [-0.2, 0) is 0 Å². The lowest BCUT2D eigenvalue weighted by atomic mass is 10.6. The zero-order valence-corrected chi connectivity index (χ0v) is 8.73. The van der Waals surface area contributed by atoms with Gasteiger partial charge in [0.15, 0.2) is 0 Å². The van der Waals surface area contributed by atoms with E-state index >= 15 is 0 Å². The van der Waals surface area contributed by atoms with E-state index in [-0.39, 0.29) is 0 Å². The number of halogens is 1. The Balaban J connectivity index is 2.92. The summed E-state index contributed by atoms with van der Waals surface area (Å²) in [6.07, 6.45) is 2.01. The first-order valence-electron chi connectivity index (χ1n) is 2.76. The Morgan fingerprint density at radius 2 is 2.50 bits per heavy atom. The molecule has 0 saturated carbocycles. The highest BCUT2D eigenvalue weighted by Crippen LogP contribution is 2.19. The fraction of sp³-hybridized carbons (Fsp3) is 0.400. The van der Waals surface area contributed by atoms with E-state index in [1.165, 1.54) is 0 Å². The number of aromatic nitrogens is 2. The number of rotatable bonds is 2. The molecule has 1 heterocycles. The van der Waals surface area contributed by atoms with Crippen molar-refractivity contribution in [1.82, 2.24) is 7.99 Å². The van der Waals surface area contributed by atoms with Gasteiger partial charge < -0.3 is 5.32 Å². The van der Waals surface area contributed by atoms with Gasteiger partial charge in [-0.05, 0) is 6.26 Å². The van der Waals surface area contributed by atoms with E-state index in [0.29, 0.717) is 0 Å². The molecule has 10 heavy (non-hydrogen) atoms. The second-order valence-electron chi connectivity index (χ2n) is 1.68. The van der Waals surface area contributed by atoms with Crippen LogP contribution >= 0.6 is 34.6 Å². The summed E-state index contributed by atoms with van der Waals surface area (Å²) < 4.78 is 1.80. The number of hydrogen-bond acceptors (Lipinski definition) is 3. The van der Waals surface area contributed by atoms with Crippen molar-refractivity contribution >= 4 is 40.4 Å². The van der Waals surface area contributed by atoms with Crippen LogP contribution in [0.15, 0.2) is 11.1 Å². The van der Waals surface area contributed by atoms with Gasteiger partial charge >= 0.3 is 0 Å². The minimum atomic E-state index is 1.03. The molecule has 1 aromatic rings. The van der Waals surface area contributed by atoms with Crippen molar-refractivity contribution in [2.24, 2.45) is 0 Å². The molecular weight excluding hydrogens is 261 g/mol. The van der Waals surface area contributed by atoms with Crippen LogP contribution in [0, 0.1) is 0 Å². The summed E-state index contributed by atoms with van der Waals surface area (Å²) in [5.74, 6) is 1.03. The van der Waals surface area contributed by atoms with Crippen molar-refractivity contribution < 1.29 is 0 Å². The highest BCUT2D eigenvalue weighted by molar-refractivity contribution is 14.1. The lowest BCUT2D eigenvalue weighted by molar-refractivity contribution is 0.980. The van der Waals surface area contributed by atoms with E-state index < -0.39 is 0 Å². The summed E-state index contributed by atoms with van der Waals surface area (Å²) in [5.41, 5.74) is 0. The average Bonchev–Trinajstić information content (AvgIpc) is 2.30. The van der Waals surface area contributed by atoms with E-state index in [2.05, 4.69) is 33.3 Å². The smallest absolute Gasteiger partial charge is 0.136 e. The normalized spacial score (nSPS) is 9.90. The van der Waals surface area contributed by atoms with E-state index in [1.54, 1.807) is 14.7 Å². The van der Waals surface area contributed by atoms with E-state index in [9.17, 15) is 0 Å². The Morgan fingerprint density at radius 1 is 1.80 bits per heavy atom. The van der Waals surface area contributed by atoms with Gasteiger partial charge in [-0.1, -0.05) is 0 Å². The molecule has 3 nitrogen and oxygen atoms in total. The molecular formula is C5H8IN3S. The molecule has 0 atom stereocenters. The molecule has 56 valence electrons. The zero-order chi connectivity index (χ0) is 7.56. The van der Waals surface area contributed by atoms with E-state index in [1.807, 2.05) is 19.4 Å². The van der Waals surface area contributed by atoms with Crippen molar-refractivity contribution in [3.63, 3.8) is 0 Å². The topological polar surface area (TPSA) is 29.9 Å². The van der Waals surface area contributed by atoms with Gasteiger partial charge in [0.1, 0.15) is 10.8 Å². The molecule has 0 saturated heterocycles. The third kappa shape index (κ3) is 1.57. The summed E-state index contributed by atoms with van der Waals surface area (Å²) in [6, 6.07) is 2.01. The van der Waals surface area contributed by atoms with E-state index in [0.717, 1.165) is 10.8 Å².